The van der Waals surface area contributed by atoms with Gasteiger partial charge in [0.15, 0.2) is 11.0 Å². The Kier molecular flexibility index (Phi) is 5.04. The third kappa shape index (κ3) is 4.12. The lowest BCUT2D eigenvalue weighted by Gasteiger charge is -2.13. The third-order valence-electron chi connectivity index (χ3n) is 2.89. The van der Waals surface area contributed by atoms with Crippen LogP contribution in [0.25, 0.3) is 0 Å². The second-order valence-electron chi connectivity index (χ2n) is 4.43. The number of furan rings is 1. The van der Waals surface area contributed by atoms with Crippen LogP contribution in [0, 0.1) is 11.8 Å². The average Bonchev–Trinajstić information content (AvgIpc) is 2.92. The fraction of sp³-hybridized carbons (Fsp3) is 0.188. The molecule has 0 spiro atoms. The molecule has 108 valence electrons. The van der Waals surface area contributed by atoms with Crippen molar-refractivity contribution < 1.29 is 9.21 Å². The van der Waals surface area contributed by atoms with Crippen LogP contribution in [0.3, 0.4) is 0 Å². The maximum Gasteiger partial charge on any atom is 0.287 e. The zero-order chi connectivity index (χ0) is 15.2. The first-order valence-corrected chi connectivity index (χ1v) is 6.83. The summed E-state index contributed by atoms with van der Waals surface area (Å²) >= 11 is 5.65. The lowest BCUT2D eigenvalue weighted by Crippen LogP contribution is -2.26. The Morgan fingerprint density at radius 2 is 2.05 bits per heavy atom. The molecule has 1 atom stereocenters. The van der Waals surface area contributed by atoms with Crippen LogP contribution in [0.1, 0.15) is 34.6 Å². The molecule has 21 heavy (non-hydrogen) atoms. The minimum atomic E-state index is -0.304. The molecule has 1 aromatic carbocycles. The van der Waals surface area contributed by atoms with Crippen LogP contribution in [0.5, 0.6) is 0 Å². The summed E-state index contributed by atoms with van der Waals surface area (Å²) in [7, 11) is 0. The quantitative estimate of drug-likeness (QED) is 0.857. The predicted molar refractivity (Wildman–Crippen MR) is 82.0 cm³/mol. The van der Waals surface area contributed by atoms with Crippen LogP contribution < -0.4 is 11.1 Å². The summed E-state index contributed by atoms with van der Waals surface area (Å²) in [4.78, 5) is 12.0. The molecular weight excluding hydrogens is 288 g/mol. The van der Waals surface area contributed by atoms with E-state index < -0.39 is 0 Å². The fourth-order valence-electron chi connectivity index (χ4n) is 1.80. The molecule has 3 N–H and O–H groups in total. The van der Waals surface area contributed by atoms with Gasteiger partial charge in [-0.3, -0.25) is 4.79 Å². The van der Waals surface area contributed by atoms with E-state index in [0.717, 1.165) is 11.1 Å². The van der Waals surface area contributed by atoms with Gasteiger partial charge in [-0.25, -0.2) is 0 Å². The first kappa shape index (κ1) is 15.2. The van der Waals surface area contributed by atoms with E-state index in [9.17, 15) is 4.79 Å². The van der Waals surface area contributed by atoms with E-state index in [4.69, 9.17) is 21.8 Å². The summed E-state index contributed by atoms with van der Waals surface area (Å²) in [6, 6.07) is 10.5. The molecule has 1 unspecified atom stereocenters. The van der Waals surface area contributed by atoms with Gasteiger partial charge in [0.2, 0.25) is 0 Å². The Morgan fingerprint density at radius 1 is 1.33 bits per heavy atom. The molecule has 5 heteroatoms. The van der Waals surface area contributed by atoms with Crippen LogP contribution in [-0.4, -0.2) is 12.5 Å². The van der Waals surface area contributed by atoms with Gasteiger partial charge in [-0.2, -0.15) is 0 Å². The zero-order valence-electron chi connectivity index (χ0n) is 11.5. The number of nitrogens with one attached hydrogen (secondary N) is 1. The Balaban J connectivity index is 2.03. The Morgan fingerprint density at radius 3 is 2.62 bits per heavy atom. The van der Waals surface area contributed by atoms with Gasteiger partial charge in [-0.15, -0.1) is 0 Å². The van der Waals surface area contributed by atoms with E-state index in [0.29, 0.717) is 6.54 Å². The molecule has 0 aliphatic heterocycles. The van der Waals surface area contributed by atoms with Crippen molar-refractivity contribution in [3.8, 4) is 11.8 Å². The van der Waals surface area contributed by atoms with Crippen molar-refractivity contribution in [3.05, 3.63) is 58.5 Å². The van der Waals surface area contributed by atoms with Crippen LogP contribution >= 0.6 is 11.6 Å². The molecule has 4 nitrogen and oxygen atoms in total. The van der Waals surface area contributed by atoms with Gasteiger partial charge in [-0.05, 0) is 48.4 Å². The normalized spacial score (nSPS) is 11.4. The molecular formula is C16H15ClN2O2. The number of rotatable bonds is 3. The van der Waals surface area contributed by atoms with Gasteiger partial charge < -0.3 is 15.5 Å². The highest BCUT2D eigenvalue weighted by molar-refractivity contribution is 6.29. The Labute approximate surface area is 128 Å². The van der Waals surface area contributed by atoms with E-state index >= 15 is 0 Å². The minimum Gasteiger partial charge on any atom is -0.440 e. The van der Waals surface area contributed by atoms with E-state index in [-0.39, 0.29) is 22.9 Å². The number of carbonyl (C=O) groups excluding carboxylic acids is 1. The lowest BCUT2D eigenvalue weighted by molar-refractivity contribution is 0.0912. The van der Waals surface area contributed by atoms with Crippen molar-refractivity contribution in [2.75, 3.05) is 6.54 Å². The maximum absolute atomic E-state index is 12.0. The van der Waals surface area contributed by atoms with Crippen molar-refractivity contribution in [1.82, 2.24) is 5.32 Å². The van der Waals surface area contributed by atoms with Crippen molar-refractivity contribution in [1.29, 1.82) is 0 Å². The van der Waals surface area contributed by atoms with Crippen molar-refractivity contribution in [2.45, 2.75) is 13.0 Å². The molecule has 0 fully saturated rings. The smallest absolute Gasteiger partial charge is 0.287 e. The fourth-order valence-corrected chi connectivity index (χ4v) is 1.94. The summed E-state index contributed by atoms with van der Waals surface area (Å²) in [5.41, 5.74) is 7.19. The summed E-state index contributed by atoms with van der Waals surface area (Å²) in [5.74, 6) is 5.63. The molecule has 1 amide bonds. The molecule has 2 aromatic rings. The molecule has 1 aromatic heterocycles. The van der Waals surface area contributed by atoms with Crippen LogP contribution in [-0.2, 0) is 0 Å². The van der Waals surface area contributed by atoms with Crippen LogP contribution in [0.15, 0.2) is 40.8 Å². The Bertz CT molecular complexity index is 680. The number of nitrogens with two attached hydrogens (primary N) is 1. The first-order chi connectivity index (χ1) is 10.1. The molecule has 0 aliphatic carbocycles. The van der Waals surface area contributed by atoms with Gasteiger partial charge in [0, 0.05) is 5.56 Å². The number of benzene rings is 1. The van der Waals surface area contributed by atoms with Gasteiger partial charge in [0.05, 0.1) is 12.6 Å². The summed E-state index contributed by atoms with van der Waals surface area (Å²) in [5, 5.41) is 3.03. The van der Waals surface area contributed by atoms with Crippen molar-refractivity contribution in [3.63, 3.8) is 0 Å². The second-order valence-corrected chi connectivity index (χ2v) is 4.80. The van der Waals surface area contributed by atoms with Gasteiger partial charge in [0.1, 0.15) is 0 Å². The average molecular weight is 303 g/mol. The molecule has 0 bridgehead atoms. The Hall–Kier alpha value is -2.22. The largest absolute Gasteiger partial charge is 0.440 e. The first-order valence-electron chi connectivity index (χ1n) is 6.45. The molecule has 1 heterocycles. The number of amides is 1. The van der Waals surface area contributed by atoms with Gasteiger partial charge in [0.25, 0.3) is 5.91 Å². The third-order valence-corrected chi connectivity index (χ3v) is 3.09. The van der Waals surface area contributed by atoms with E-state index in [2.05, 4.69) is 17.2 Å². The highest BCUT2D eigenvalue weighted by Crippen LogP contribution is 2.16. The summed E-state index contributed by atoms with van der Waals surface area (Å²) < 4.78 is 5.07. The number of hydrogen-bond donors (Lipinski definition) is 2. The molecule has 2 rings (SSSR count). The highest BCUT2D eigenvalue weighted by atomic mass is 35.5. The van der Waals surface area contributed by atoms with Crippen molar-refractivity contribution >= 4 is 17.5 Å². The molecule has 0 radical (unpaired) electrons. The number of carbonyl (C=O) groups is 1. The SMILES string of the molecule is CC(NC(=O)c1ccc(Cl)o1)c1ccc(C#CCN)cc1. The number of halogens is 1. The van der Waals surface area contributed by atoms with Crippen LogP contribution in [0.2, 0.25) is 5.22 Å². The minimum absolute atomic E-state index is 0.155. The maximum atomic E-state index is 12.0. The standard InChI is InChI=1S/C16H15ClN2O2/c1-11(19-16(20)14-8-9-15(17)21-14)13-6-4-12(5-7-13)3-2-10-18/h4-9,11H,10,18H2,1H3,(H,19,20). The van der Waals surface area contributed by atoms with Crippen LogP contribution in [0.4, 0.5) is 0 Å². The van der Waals surface area contributed by atoms with Crippen molar-refractivity contribution in [2.24, 2.45) is 5.73 Å². The second kappa shape index (κ2) is 6.98. The highest BCUT2D eigenvalue weighted by Gasteiger charge is 2.14. The monoisotopic (exact) mass is 302 g/mol. The lowest BCUT2D eigenvalue weighted by atomic mass is 10.1. The van der Waals surface area contributed by atoms with E-state index in [1.165, 1.54) is 12.1 Å². The number of hydrogen-bond acceptors (Lipinski definition) is 3. The summed E-state index contributed by atoms with van der Waals surface area (Å²) in [6.07, 6.45) is 0. The van der Waals surface area contributed by atoms with E-state index in [1.807, 2.05) is 31.2 Å². The predicted octanol–water partition coefficient (Wildman–Crippen LogP) is 2.73. The summed E-state index contributed by atoms with van der Waals surface area (Å²) in [6.45, 7) is 2.23. The van der Waals surface area contributed by atoms with Gasteiger partial charge >= 0.3 is 0 Å². The zero-order valence-corrected chi connectivity index (χ0v) is 12.3. The molecule has 0 saturated carbocycles. The topological polar surface area (TPSA) is 68.3 Å². The van der Waals surface area contributed by atoms with E-state index in [1.54, 1.807) is 0 Å². The molecule has 0 saturated heterocycles. The van der Waals surface area contributed by atoms with Gasteiger partial charge in [-0.1, -0.05) is 24.0 Å². The molecule has 0 aliphatic rings.